The minimum absolute atomic E-state index is 0.126. The van der Waals surface area contributed by atoms with Gasteiger partial charge >= 0.3 is 0 Å². The number of carbonyl (C=O) groups excluding carboxylic acids is 1. The molecule has 8 nitrogen and oxygen atoms in total. The molecule has 0 saturated heterocycles. The van der Waals surface area contributed by atoms with Crippen LogP contribution < -0.4 is 14.8 Å². The number of sulfonamides is 1. The van der Waals surface area contributed by atoms with E-state index < -0.39 is 15.4 Å². The van der Waals surface area contributed by atoms with Gasteiger partial charge in [0.05, 0.1) is 12.8 Å². The number of nitrogens with one attached hydrogen (secondary N) is 2. The van der Waals surface area contributed by atoms with Crippen molar-refractivity contribution in [1.82, 2.24) is 10.2 Å². The van der Waals surface area contributed by atoms with Crippen molar-refractivity contribution in [3.8, 4) is 5.75 Å². The minimum atomic E-state index is -3.90. The standard InChI is InChI=1S/C14H18N4O4S2/c1-14(2,3)11(19)15-12-16-17-13(23-12)24(20,21)18-9-6-5-7-10(8-9)22-4/h5-8,18H,1-4H3,(H,15,16,19). The number of amides is 1. The Balaban J connectivity index is 2.17. The van der Waals surface area contributed by atoms with E-state index in [1.54, 1.807) is 45.0 Å². The summed E-state index contributed by atoms with van der Waals surface area (Å²) in [7, 11) is -2.41. The van der Waals surface area contributed by atoms with E-state index >= 15 is 0 Å². The fraction of sp³-hybridized carbons (Fsp3) is 0.357. The Labute approximate surface area is 144 Å². The molecule has 130 valence electrons. The molecule has 2 N–H and O–H groups in total. The zero-order valence-corrected chi connectivity index (χ0v) is 15.3. The van der Waals surface area contributed by atoms with Crippen molar-refractivity contribution >= 4 is 38.1 Å². The van der Waals surface area contributed by atoms with Crippen molar-refractivity contribution < 1.29 is 17.9 Å². The first-order chi connectivity index (χ1) is 11.1. The number of carbonyl (C=O) groups is 1. The molecule has 2 rings (SSSR count). The molecule has 0 spiro atoms. The van der Waals surface area contributed by atoms with Crippen LogP contribution in [0.5, 0.6) is 5.75 Å². The van der Waals surface area contributed by atoms with Crippen LogP contribution in [-0.2, 0) is 14.8 Å². The monoisotopic (exact) mass is 370 g/mol. The Kier molecular flexibility index (Phi) is 5.09. The molecule has 0 radical (unpaired) electrons. The van der Waals surface area contributed by atoms with Crippen molar-refractivity contribution in [2.24, 2.45) is 5.41 Å². The fourth-order valence-electron chi connectivity index (χ4n) is 1.54. The third-order valence-corrected chi connectivity index (χ3v) is 5.45. The molecule has 0 unspecified atom stereocenters. The summed E-state index contributed by atoms with van der Waals surface area (Å²) in [6, 6.07) is 6.49. The lowest BCUT2D eigenvalue weighted by atomic mass is 9.96. The molecule has 1 aromatic carbocycles. The zero-order chi connectivity index (χ0) is 18.0. The highest BCUT2D eigenvalue weighted by Crippen LogP contribution is 2.25. The Bertz CT molecular complexity index is 840. The number of hydrogen-bond acceptors (Lipinski definition) is 7. The Hall–Kier alpha value is -2.20. The molecule has 0 atom stereocenters. The highest BCUT2D eigenvalue weighted by Gasteiger charge is 2.25. The lowest BCUT2D eigenvalue weighted by molar-refractivity contribution is -0.123. The second-order valence-electron chi connectivity index (χ2n) is 5.91. The Morgan fingerprint density at radius 3 is 2.58 bits per heavy atom. The van der Waals surface area contributed by atoms with E-state index in [-0.39, 0.29) is 15.4 Å². The van der Waals surface area contributed by atoms with Gasteiger partial charge in [0, 0.05) is 11.5 Å². The van der Waals surface area contributed by atoms with Crippen LogP contribution in [0.4, 0.5) is 10.8 Å². The number of nitrogens with zero attached hydrogens (tertiary/aromatic N) is 2. The molecule has 0 saturated carbocycles. The van der Waals surface area contributed by atoms with E-state index in [1.165, 1.54) is 7.11 Å². The van der Waals surface area contributed by atoms with E-state index in [0.29, 0.717) is 11.4 Å². The molecular formula is C14H18N4O4S2. The van der Waals surface area contributed by atoms with Crippen LogP contribution in [0, 0.1) is 5.41 Å². The SMILES string of the molecule is COc1cccc(NS(=O)(=O)c2nnc(NC(=O)C(C)(C)C)s2)c1. The smallest absolute Gasteiger partial charge is 0.291 e. The van der Waals surface area contributed by atoms with Crippen LogP contribution in [0.1, 0.15) is 20.8 Å². The van der Waals surface area contributed by atoms with Crippen LogP contribution in [0.3, 0.4) is 0 Å². The molecule has 0 bridgehead atoms. The number of hydrogen-bond donors (Lipinski definition) is 2. The lowest BCUT2D eigenvalue weighted by Gasteiger charge is -2.15. The summed E-state index contributed by atoms with van der Waals surface area (Å²) in [5.74, 6) is 0.244. The summed E-state index contributed by atoms with van der Waals surface area (Å²) in [5.41, 5.74) is -0.284. The van der Waals surface area contributed by atoms with Crippen molar-refractivity contribution in [3.63, 3.8) is 0 Å². The summed E-state index contributed by atoms with van der Waals surface area (Å²) >= 11 is 0.778. The lowest BCUT2D eigenvalue weighted by Crippen LogP contribution is -2.27. The predicted octanol–water partition coefficient (Wildman–Crippen LogP) is 2.33. The van der Waals surface area contributed by atoms with Crippen LogP contribution in [0.15, 0.2) is 28.6 Å². The molecule has 24 heavy (non-hydrogen) atoms. The van der Waals surface area contributed by atoms with Crippen LogP contribution in [0.25, 0.3) is 0 Å². The summed E-state index contributed by atoms with van der Waals surface area (Å²) in [6.07, 6.45) is 0. The maximum Gasteiger partial charge on any atom is 0.291 e. The van der Waals surface area contributed by atoms with Gasteiger partial charge in [0.1, 0.15) is 5.75 Å². The van der Waals surface area contributed by atoms with Gasteiger partial charge < -0.3 is 10.1 Å². The predicted molar refractivity (Wildman–Crippen MR) is 91.8 cm³/mol. The van der Waals surface area contributed by atoms with Gasteiger partial charge in [-0.25, -0.2) is 0 Å². The van der Waals surface area contributed by atoms with Gasteiger partial charge in [-0.05, 0) is 12.1 Å². The molecule has 10 heteroatoms. The number of rotatable bonds is 5. The largest absolute Gasteiger partial charge is 0.497 e. The third kappa shape index (κ3) is 4.42. The summed E-state index contributed by atoms with van der Waals surface area (Å²) in [6.45, 7) is 5.22. The fourth-order valence-corrected chi connectivity index (χ4v) is 3.48. The molecule has 2 aromatic rings. The number of methoxy groups -OCH3 is 1. The Morgan fingerprint density at radius 2 is 1.96 bits per heavy atom. The molecule has 0 aliphatic carbocycles. The van der Waals surface area contributed by atoms with Crippen LogP contribution in [-0.4, -0.2) is 31.6 Å². The van der Waals surface area contributed by atoms with Crippen LogP contribution in [0.2, 0.25) is 0 Å². The molecule has 0 aliphatic heterocycles. The highest BCUT2D eigenvalue weighted by molar-refractivity contribution is 7.94. The zero-order valence-electron chi connectivity index (χ0n) is 13.7. The van der Waals surface area contributed by atoms with Crippen molar-refractivity contribution in [1.29, 1.82) is 0 Å². The molecular weight excluding hydrogens is 352 g/mol. The van der Waals surface area contributed by atoms with Gasteiger partial charge in [-0.3, -0.25) is 9.52 Å². The second-order valence-corrected chi connectivity index (χ2v) is 8.75. The third-order valence-electron chi connectivity index (χ3n) is 2.86. The number of aromatic nitrogens is 2. The number of benzene rings is 1. The average Bonchev–Trinajstić information content (AvgIpc) is 2.95. The summed E-state index contributed by atoms with van der Waals surface area (Å²) in [5, 5.41) is 10.0. The molecule has 0 aliphatic rings. The van der Waals surface area contributed by atoms with Gasteiger partial charge in [0.25, 0.3) is 14.4 Å². The molecule has 1 amide bonds. The van der Waals surface area contributed by atoms with Crippen molar-refractivity contribution in [3.05, 3.63) is 24.3 Å². The first-order valence-electron chi connectivity index (χ1n) is 6.93. The van der Waals surface area contributed by atoms with Gasteiger partial charge in [-0.1, -0.05) is 38.2 Å². The number of anilines is 2. The van der Waals surface area contributed by atoms with Crippen molar-refractivity contribution in [2.75, 3.05) is 17.1 Å². The minimum Gasteiger partial charge on any atom is -0.497 e. The van der Waals surface area contributed by atoms with Crippen molar-refractivity contribution in [2.45, 2.75) is 25.1 Å². The van der Waals surface area contributed by atoms with Gasteiger partial charge in [0.15, 0.2) is 0 Å². The molecule has 1 heterocycles. The van der Waals surface area contributed by atoms with E-state index in [9.17, 15) is 13.2 Å². The van der Waals surface area contributed by atoms with Gasteiger partial charge in [0.2, 0.25) is 11.0 Å². The maximum absolute atomic E-state index is 12.3. The van der Waals surface area contributed by atoms with Crippen LogP contribution >= 0.6 is 11.3 Å². The normalized spacial score (nSPS) is 11.8. The van der Waals surface area contributed by atoms with E-state index in [4.69, 9.17) is 4.74 Å². The van der Waals surface area contributed by atoms with E-state index in [0.717, 1.165) is 11.3 Å². The van der Waals surface area contributed by atoms with E-state index in [1.807, 2.05) is 0 Å². The first-order valence-corrected chi connectivity index (χ1v) is 9.23. The van der Waals surface area contributed by atoms with E-state index in [2.05, 4.69) is 20.2 Å². The summed E-state index contributed by atoms with van der Waals surface area (Å²) in [4.78, 5) is 11.9. The molecule has 1 aromatic heterocycles. The first kappa shape index (κ1) is 18.1. The Morgan fingerprint density at radius 1 is 1.25 bits per heavy atom. The molecule has 0 fully saturated rings. The summed E-state index contributed by atoms with van der Waals surface area (Å²) < 4.78 is 31.9. The highest BCUT2D eigenvalue weighted by atomic mass is 32.2. The number of ether oxygens (including phenoxy) is 1. The maximum atomic E-state index is 12.3. The van der Waals surface area contributed by atoms with Gasteiger partial charge in [-0.15, -0.1) is 10.2 Å². The average molecular weight is 370 g/mol. The quantitative estimate of drug-likeness (QED) is 0.782. The topological polar surface area (TPSA) is 110 Å². The second kappa shape index (κ2) is 6.73. The van der Waals surface area contributed by atoms with Gasteiger partial charge in [-0.2, -0.15) is 8.42 Å².